The minimum absolute atomic E-state index is 0.0233. The van der Waals surface area contributed by atoms with E-state index < -0.39 is 43.9 Å². The van der Waals surface area contributed by atoms with Crippen molar-refractivity contribution < 1.29 is 40.4 Å². The fourth-order valence-electron chi connectivity index (χ4n) is 4.71. The van der Waals surface area contributed by atoms with Gasteiger partial charge >= 0.3 is 0 Å². The number of amides is 1. The number of halogens is 1. The second kappa shape index (κ2) is 12.0. The zero-order valence-corrected chi connectivity index (χ0v) is 25.4. The second-order valence-corrected chi connectivity index (χ2v) is 14.0. The number of carbonyl (C=O) groups excluding carboxylic acids is 1. The van der Waals surface area contributed by atoms with Crippen LogP contribution in [0.2, 0.25) is 0 Å². The quantitative estimate of drug-likeness (QED) is 0.365. The monoisotopic (exact) mass is 624 g/mol. The molecule has 0 saturated carbocycles. The minimum Gasteiger partial charge on any atom is -0.488 e. The summed E-state index contributed by atoms with van der Waals surface area (Å²) in [5.74, 6) is -1.24. The molecule has 2 heterocycles. The predicted molar refractivity (Wildman–Crippen MR) is 151 cm³/mol. The Morgan fingerprint density at radius 2 is 1.83 bits per heavy atom. The van der Waals surface area contributed by atoms with Crippen molar-refractivity contribution in [3.05, 3.63) is 65.3 Å². The first kappa shape index (κ1) is 31.4. The third kappa shape index (κ3) is 6.28. The third-order valence-corrected chi connectivity index (χ3v) is 10.6. The fourth-order valence-corrected chi connectivity index (χ4v) is 7.27. The molecular weight excluding hydrogens is 591 g/mol. The second-order valence-electron chi connectivity index (χ2n) is 10.3. The van der Waals surface area contributed by atoms with Crippen LogP contribution in [0, 0.1) is 25.6 Å². The molecule has 0 fully saturated rings. The third-order valence-electron chi connectivity index (χ3n) is 7.11. The topological polar surface area (TPSA) is 159 Å². The van der Waals surface area contributed by atoms with Crippen LogP contribution in [0.25, 0.3) is 0 Å². The molecule has 12 nitrogen and oxygen atoms in total. The number of fused-ring (bicyclic) bond motifs is 1. The van der Waals surface area contributed by atoms with E-state index in [1.54, 1.807) is 13.8 Å². The molecule has 42 heavy (non-hydrogen) atoms. The number of aliphatic hydroxyl groups excluding tert-OH is 1. The van der Waals surface area contributed by atoms with Crippen LogP contribution >= 0.6 is 0 Å². The number of carbonyl (C=O) groups is 1. The number of aryl methyl sites for hydroxylation is 2. The average Bonchev–Trinajstić information content (AvgIpc) is 3.28. The van der Waals surface area contributed by atoms with Crippen molar-refractivity contribution in [1.29, 1.82) is 0 Å². The Balaban J connectivity index is 1.69. The summed E-state index contributed by atoms with van der Waals surface area (Å²) in [5, 5.41) is 13.6. The number of aromatic nitrogens is 1. The molecule has 4 rings (SSSR count). The van der Waals surface area contributed by atoms with Crippen molar-refractivity contribution in [3.63, 3.8) is 0 Å². The lowest BCUT2D eigenvalue weighted by Gasteiger charge is -2.38. The van der Waals surface area contributed by atoms with Gasteiger partial charge in [0.1, 0.15) is 23.4 Å². The summed E-state index contributed by atoms with van der Waals surface area (Å²) in [5.41, 5.74) is 0.267. The van der Waals surface area contributed by atoms with Gasteiger partial charge in [0.25, 0.3) is 15.9 Å². The molecule has 0 unspecified atom stereocenters. The van der Waals surface area contributed by atoms with Crippen molar-refractivity contribution in [1.82, 2.24) is 14.4 Å². The van der Waals surface area contributed by atoms with Gasteiger partial charge in [-0.05, 0) is 63.2 Å². The molecular formula is C27H33FN4O8S2. The molecule has 2 aromatic carbocycles. The molecule has 0 saturated heterocycles. The van der Waals surface area contributed by atoms with Gasteiger partial charge in [-0.3, -0.25) is 9.52 Å². The van der Waals surface area contributed by atoms with Crippen LogP contribution < -0.4 is 9.46 Å². The maximum atomic E-state index is 13.7. The van der Waals surface area contributed by atoms with Crippen LogP contribution in [-0.2, 0) is 20.0 Å². The van der Waals surface area contributed by atoms with E-state index in [0.717, 1.165) is 16.4 Å². The van der Waals surface area contributed by atoms with E-state index in [1.807, 2.05) is 0 Å². The smallest absolute Gasteiger partial charge is 0.267 e. The van der Waals surface area contributed by atoms with Crippen molar-refractivity contribution in [2.45, 2.75) is 49.6 Å². The normalized spacial score (nSPS) is 18.7. The van der Waals surface area contributed by atoms with Crippen molar-refractivity contribution in [2.24, 2.45) is 5.92 Å². The number of hydrogen-bond acceptors (Lipinski definition) is 9. The molecule has 3 aromatic rings. The van der Waals surface area contributed by atoms with Gasteiger partial charge in [-0.2, -0.15) is 4.31 Å². The summed E-state index contributed by atoms with van der Waals surface area (Å²) in [4.78, 5) is 14.9. The number of anilines is 1. The van der Waals surface area contributed by atoms with Gasteiger partial charge in [0.2, 0.25) is 10.0 Å². The highest BCUT2D eigenvalue weighted by Gasteiger charge is 2.36. The predicted octanol–water partition coefficient (Wildman–Crippen LogP) is 2.77. The molecule has 0 spiro atoms. The summed E-state index contributed by atoms with van der Waals surface area (Å²) in [6.45, 7) is 6.08. The van der Waals surface area contributed by atoms with E-state index >= 15 is 0 Å². The number of rotatable bonds is 9. The van der Waals surface area contributed by atoms with Crippen molar-refractivity contribution >= 4 is 31.6 Å². The highest BCUT2D eigenvalue weighted by Crippen LogP contribution is 2.32. The van der Waals surface area contributed by atoms with Crippen molar-refractivity contribution in [2.75, 3.05) is 31.5 Å². The fraction of sp³-hybridized carbons (Fsp3) is 0.407. The lowest BCUT2D eigenvalue weighted by molar-refractivity contribution is 0.0387. The Bertz CT molecular complexity index is 1660. The van der Waals surface area contributed by atoms with Gasteiger partial charge in [0.05, 0.1) is 29.7 Å². The maximum Gasteiger partial charge on any atom is 0.267 e. The number of nitrogens with zero attached hydrogens (tertiary/aromatic N) is 3. The van der Waals surface area contributed by atoms with Gasteiger partial charge in [0.15, 0.2) is 10.7 Å². The number of sulfonamides is 2. The molecule has 0 radical (unpaired) electrons. The first-order chi connectivity index (χ1) is 19.6. The first-order valence-electron chi connectivity index (χ1n) is 13.1. The van der Waals surface area contributed by atoms with Gasteiger partial charge in [-0.1, -0.05) is 12.1 Å². The van der Waals surface area contributed by atoms with E-state index in [4.69, 9.17) is 9.26 Å². The summed E-state index contributed by atoms with van der Waals surface area (Å²) in [6.07, 6.45) is -0.754. The molecule has 3 atom stereocenters. The molecule has 1 aliphatic heterocycles. The van der Waals surface area contributed by atoms with Crippen LogP contribution in [-0.4, -0.2) is 81.1 Å². The van der Waals surface area contributed by atoms with Gasteiger partial charge in [0, 0.05) is 25.2 Å². The Hall–Kier alpha value is -3.53. The van der Waals surface area contributed by atoms with Crippen LogP contribution in [0.5, 0.6) is 5.75 Å². The molecule has 1 aliphatic rings. The summed E-state index contributed by atoms with van der Waals surface area (Å²) in [6, 6.07) is 8.04. The molecule has 228 valence electrons. The SMILES string of the molecule is Cc1noc(C)c1S(=O)(=O)Nc1ccc2c(c1)C(=O)N([C@@H](C)CO)C[C@@H](C)[C@@H](CN(C)S(=O)(=O)c1ccc(F)cc1)O2. The number of ether oxygens (including phenoxy) is 1. The number of nitrogens with one attached hydrogen (secondary N) is 1. The van der Waals surface area contributed by atoms with E-state index in [2.05, 4.69) is 9.88 Å². The zero-order valence-electron chi connectivity index (χ0n) is 23.7. The van der Waals surface area contributed by atoms with Crippen molar-refractivity contribution in [3.8, 4) is 5.75 Å². The highest BCUT2D eigenvalue weighted by molar-refractivity contribution is 7.92. The Morgan fingerprint density at radius 3 is 2.43 bits per heavy atom. The van der Waals surface area contributed by atoms with E-state index in [-0.39, 0.29) is 63.9 Å². The van der Waals surface area contributed by atoms with Crippen LogP contribution in [0.3, 0.4) is 0 Å². The lowest BCUT2D eigenvalue weighted by atomic mass is 9.99. The first-order valence-corrected chi connectivity index (χ1v) is 16.0. The highest BCUT2D eigenvalue weighted by atomic mass is 32.2. The Kier molecular flexibility index (Phi) is 8.97. The average molecular weight is 625 g/mol. The summed E-state index contributed by atoms with van der Waals surface area (Å²) >= 11 is 0. The number of likely N-dealkylation sites (N-methyl/N-ethyl adjacent to an activating group) is 1. The van der Waals surface area contributed by atoms with Gasteiger partial charge < -0.3 is 19.3 Å². The molecule has 1 aromatic heterocycles. The van der Waals surface area contributed by atoms with Gasteiger partial charge in [-0.25, -0.2) is 21.2 Å². The van der Waals surface area contributed by atoms with Crippen LogP contribution in [0.1, 0.15) is 35.7 Å². The molecule has 2 N–H and O–H groups in total. The molecule has 0 bridgehead atoms. The number of aliphatic hydroxyl groups is 1. The lowest BCUT2D eigenvalue weighted by Crippen LogP contribution is -2.50. The van der Waals surface area contributed by atoms with E-state index in [0.29, 0.717) is 0 Å². The van der Waals surface area contributed by atoms with E-state index in [9.17, 15) is 31.1 Å². The van der Waals surface area contributed by atoms with Crippen LogP contribution in [0.15, 0.2) is 56.8 Å². The number of hydrogen-bond donors (Lipinski definition) is 2. The number of benzene rings is 2. The summed E-state index contributed by atoms with van der Waals surface area (Å²) < 4.78 is 80.7. The standard InChI is InChI=1S/C27H33FN4O8S2/c1-16-13-32(17(2)15-33)27(34)23-12-21(30-41(35,36)26-18(3)29-40-19(26)4)8-11-24(23)39-25(16)14-31(5)42(37,38)22-9-6-20(28)7-10-22/h6-12,16-17,25,30,33H,13-15H2,1-5H3/t16-,17+,25-/m1/s1. The Morgan fingerprint density at radius 1 is 1.17 bits per heavy atom. The molecule has 15 heteroatoms. The molecule has 0 aliphatic carbocycles. The van der Waals surface area contributed by atoms with Crippen LogP contribution in [0.4, 0.5) is 10.1 Å². The largest absolute Gasteiger partial charge is 0.488 e. The zero-order chi connectivity index (χ0) is 31.0. The molecule has 1 amide bonds. The maximum absolute atomic E-state index is 13.7. The van der Waals surface area contributed by atoms with Gasteiger partial charge in [-0.15, -0.1) is 0 Å². The summed E-state index contributed by atoms with van der Waals surface area (Å²) in [7, 11) is -6.74. The van der Waals surface area contributed by atoms with E-state index in [1.165, 1.54) is 56.1 Å². The minimum atomic E-state index is -4.12. The Labute approximate surface area is 244 Å².